The Morgan fingerprint density at radius 3 is 2.54 bits per heavy atom. The van der Waals surface area contributed by atoms with Crippen molar-refractivity contribution >= 4 is 5.91 Å². The highest BCUT2D eigenvalue weighted by Crippen LogP contribution is 2.36. The second-order valence-corrected chi connectivity index (χ2v) is 6.65. The first-order valence-electron chi connectivity index (χ1n) is 8.11. The van der Waals surface area contributed by atoms with Crippen molar-refractivity contribution in [3.63, 3.8) is 0 Å². The summed E-state index contributed by atoms with van der Waals surface area (Å²) in [6, 6.07) is 8.10. The molecule has 0 saturated heterocycles. The molecule has 1 amide bonds. The maximum atomic E-state index is 13.0. The highest BCUT2D eigenvalue weighted by Gasteiger charge is 2.29. The fraction of sp³-hybridized carbons (Fsp3) is 0.389. The molecule has 1 aromatic heterocycles. The van der Waals surface area contributed by atoms with E-state index in [1.54, 1.807) is 0 Å². The number of halogens is 1. The standard InChI is InChI=1S/C18H20FN3O2/c1-18(10-2-3-11-18)12-20-17(24)15-8-9-16(23)22(21-15)14-6-4-13(19)5-7-14/h4-9H,2-3,10-12H2,1H3,(H,20,24). The first-order valence-corrected chi connectivity index (χ1v) is 8.11. The summed E-state index contributed by atoms with van der Waals surface area (Å²) in [5.74, 6) is -0.704. The van der Waals surface area contributed by atoms with Gasteiger partial charge in [0.1, 0.15) is 11.5 Å². The summed E-state index contributed by atoms with van der Waals surface area (Å²) in [6.45, 7) is 2.77. The van der Waals surface area contributed by atoms with Gasteiger partial charge in [0, 0.05) is 12.6 Å². The Morgan fingerprint density at radius 1 is 1.21 bits per heavy atom. The normalized spacial score (nSPS) is 16.1. The lowest BCUT2D eigenvalue weighted by Gasteiger charge is -2.23. The molecule has 1 aromatic carbocycles. The molecule has 1 fully saturated rings. The van der Waals surface area contributed by atoms with Crippen LogP contribution in [0.1, 0.15) is 43.1 Å². The number of nitrogens with zero attached hydrogens (tertiary/aromatic N) is 2. The number of hydrogen-bond acceptors (Lipinski definition) is 3. The van der Waals surface area contributed by atoms with E-state index in [0.717, 1.165) is 17.5 Å². The molecule has 24 heavy (non-hydrogen) atoms. The highest BCUT2D eigenvalue weighted by molar-refractivity contribution is 5.92. The number of aromatic nitrogens is 2. The summed E-state index contributed by atoms with van der Waals surface area (Å²) in [5, 5.41) is 7.02. The van der Waals surface area contributed by atoms with E-state index < -0.39 is 5.82 Å². The third-order valence-electron chi connectivity index (χ3n) is 4.59. The molecule has 2 aromatic rings. The molecule has 1 heterocycles. The molecule has 0 spiro atoms. The van der Waals surface area contributed by atoms with Crippen LogP contribution in [0, 0.1) is 11.2 Å². The molecular weight excluding hydrogens is 309 g/mol. The summed E-state index contributed by atoms with van der Waals surface area (Å²) < 4.78 is 14.1. The third kappa shape index (κ3) is 3.53. The minimum Gasteiger partial charge on any atom is -0.350 e. The summed E-state index contributed by atoms with van der Waals surface area (Å²) in [6.07, 6.45) is 4.60. The van der Waals surface area contributed by atoms with Crippen molar-refractivity contribution in [1.29, 1.82) is 0 Å². The zero-order valence-corrected chi connectivity index (χ0v) is 13.6. The molecule has 6 heteroatoms. The predicted molar refractivity (Wildman–Crippen MR) is 88.7 cm³/mol. The molecule has 3 rings (SSSR count). The van der Waals surface area contributed by atoms with E-state index in [1.807, 2.05) is 0 Å². The van der Waals surface area contributed by atoms with Crippen molar-refractivity contribution in [3.05, 3.63) is 58.3 Å². The van der Waals surface area contributed by atoms with Crippen LogP contribution in [0.15, 0.2) is 41.2 Å². The van der Waals surface area contributed by atoms with E-state index in [4.69, 9.17) is 0 Å². The van der Waals surface area contributed by atoms with Crippen LogP contribution in [0.25, 0.3) is 5.69 Å². The Labute approximate surface area is 139 Å². The van der Waals surface area contributed by atoms with Gasteiger partial charge in [0.15, 0.2) is 0 Å². The van der Waals surface area contributed by atoms with Crippen LogP contribution in [0.2, 0.25) is 0 Å². The topological polar surface area (TPSA) is 64.0 Å². The first kappa shape index (κ1) is 16.4. The van der Waals surface area contributed by atoms with Gasteiger partial charge in [-0.25, -0.2) is 4.39 Å². The van der Waals surface area contributed by atoms with Gasteiger partial charge in [-0.3, -0.25) is 9.59 Å². The van der Waals surface area contributed by atoms with Gasteiger partial charge in [-0.2, -0.15) is 9.78 Å². The quantitative estimate of drug-likeness (QED) is 0.938. The zero-order chi connectivity index (χ0) is 17.2. The number of benzene rings is 1. The second-order valence-electron chi connectivity index (χ2n) is 6.65. The largest absolute Gasteiger partial charge is 0.350 e. The molecule has 0 unspecified atom stereocenters. The van der Waals surface area contributed by atoms with E-state index in [9.17, 15) is 14.0 Å². The van der Waals surface area contributed by atoms with Gasteiger partial charge in [-0.15, -0.1) is 0 Å². The molecule has 1 N–H and O–H groups in total. The lowest BCUT2D eigenvalue weighted by atomic mass is 9.89. The number of amides is 1. The van der Waals surface area contributed by atoms with Gasteiger partial charge in [-0.05, 0) is 48.6 Å². The molecule has 0 aliphatic heterocycles. The molecule has 0 radical (unpaired) electrons. The lowest BCUT2D eigenvalue weighted by molar-refractivity contribution is 0.0927. The molecule has 5 nitrogen and oxygen atoms in total. The Morgan fingerprint density at radius 2 is 1.88 bits per heavy atom. The first-order chi connectivity index (χ1) is 11.5. The van der Waals surface area contributed by atoms with Crippen molar-refractivity contribution in [1.82, 2.24) is 15.1 Å². The van der Waals surface area contributed by atoms with Crippen molar-refractivity contribution in [2.24, 2.45) is 5.41 Å². The molecule has 1 aliphatic carbocycles. The van der Waals surface area contributed by atoms with E-state index in [-0.39, 0.29) is 22.6 Å². The van der Waals surface area contributed by atoms with Gasteiger partial charge in [0.05, 0.1) is 5.69 Å². The summed E-state index contributed by atoms with van der Waals surface area (Å²) in [5.41, 5.74) is 0.349. The lowest BCUT2D eigenvalue weighted by Crippen LogP contribution is -2.35. The molecule has 1 aliphatic rings. The van der Waals surface area contributed by atoms with E-state index in [1.165, 1.54) is 49.2 Å². The fourth-order valence-electron chi connectivity index (χ4n) is 3.09. The van der Waals surface area contributed by atoms with E-state index in [2.05, 4.69) is 17.3 Å². The molecule has 1 saturated carbocycles. The van der Waals surface area contributed by atoms with Crippen molar-refractivity contribution < 1.29 is 9.18 Å². The highest BCUT2D eigenvalue weighted by atomic mass is 19.1. The third-order valence-corrected chi connectivity index (χ3v) is 4.59. The van der Waals surface area contributed by atoms with Crippen LogP contribution in [0.3, 0.4) is 0 Å². The Balaban J connectivity index is 1.78. The van der Waals surface area contributed by atoms with Gasteiger partial charge in [-0.1, -0.05) is 19.8 Å². The minimum absolute atomic E-state index is 0.140. The van der Waals surface area contributed by atoms with Crippen LogP contribution in [-0.4, -0.2) is 22.2 Å². The SMILES string of the molecule is CC1(CNC(=O)c2ccc(=O)n(-c3ccc(F)cc3)n2)CCCC1. The monoisotopic (exact) mass is 329 g/mol. The van der Waals surface area contributed by atoms with Gasteiger partial charge in [0.25, 0.3) is 11.5 Å². The second kappa shape index (κ2) is 6.55. The van der Waals surface area contributed by atoms with Gasteiger partial charge in [0.2, 0.25) is 0 Å². The molecule has 0 atom stereocenters. The Kier molecular flexibility index (Phi) is 4.46. The zero-order valence-electron chi connectivity index (χ0n) is 13.6. The van der Waals surface area contributed by atoms with Crippen LogP contribution in [0.4, 0.5) is 4.39 Å². The van der Waals surface area contributed by atoms with Gasteiger partial charge >= 0.3 is 0 Å². The predicted octanol–water partition coefficient (Wildman–Crippen LogP) is 2.68. The fourth-order valence-corrected chi connectivity index (χ4v) is 3.09. The molecular formula is C18H20FN3O2. The average Bonchev–Trinajstić information content (AvgIpc) is 3.01. The van der Waals surface area contributed by atoms with Crippen LogP contribution < -0.4 is 10.9 Å². The van der Waals surface area contributed by atoms with Gasteiger partial charge < -0.3 is 5.32 Å². The number of carbonyl (C=O) groups excluding carboxylic acids is 1. The van der Waals surface area contributed by atoms with Crippen molar-refractivity contribution in [2.45, 2.75) is 32.6 Å². The molecule has 0 bridgehead atoms. The number of rotatable bonds is 4. The summed E-state index contributed by atoms with van der Waals surface area (Å²) in [4.78, 5) is 24.3. The summed E-state index contributed by atoms with van der Waals surface area (Å²) >= 11 is 0. The van der Waals surface area contributed by atoms with Crippen LogP contribution in [-0.2, 0) is 0 Å². The van der Waals surface area contributed by atoms with Crippen LogP contribution in [0.5, 0.6) is 0 Å². The minimum atomic E-state index is -0.398. The molecule has 126 valence electrons. The summed E-state index contributed by atoms with van der Waals surface area (Å²) in [7, 11) is 0. The van der Waals surface area contributed by atoms with Crippen LogP contribution >= 0.6 is 0 Å². The van der Waals surface area contributed by atoms with Crippen molar-refractivity contribution in [2.75, 3.05) is 6.54 Å². The van der Waals surface area contributed by atoms with E-state index in [0.29, 0.717) is 12.2 Å². The number of carbonyl (C=O) groups is 1. The Bertz CT molecular complexity index is 793. The maximum Gasteiger partial charge on any atom is 0.271 e. The number of nitrogens with one attached hydrogen (secondary N) is 1. The Hall–Kier alpha value is -2.50. The average molecular weight is 329 g/mol. The van der Waals surface area contributed by atoms with Crippen molar-refractivity contribution in [3.8, 4) is 5.69 Å². The number of hydrogen-bond donors (Lipinski definition) is 1. The maximum absolute atomic E-state index is 13.0. The van der Waals surface area contributed by atoms with E-state index >= 15 is 0 Å². The smallest absolute Gasteiger partial charge is 0.271 e.